The summed E-state index contributed by atoms with van der Waals surface area (Å²) in [4.78, 5) is 0. The van der Waals surface area contributed by atoms with Gasteiger partial charge in [0, 0.05) is 23.6 Å². The maximum Gasteiger partial charge on any atom is 0.213 e. The lowest BCUT2D eigenvalue weighted by Crippen LogP contribution is -2.34. The van der Waals surface area contributed by atoms with E-state index in [0.29, 0.717) is 4.48 Å². The Morgan fingerprint density at radius 3 is 1.75 bits per heavy atom. The van der Waals surface area contributed by atoms with E-state index in [0.717, 1.165) is 0 Å². The minimum atomic E-state index is 0.582. The van der Waals surface area contributed by atoms with Gasteiger partial charge in [0.05, 0.1) is 12.6 Å². The molecule has 36 heavy (non-hydrogen) atoms. The maximum absolute atomic E-state index is 2.32. The molecule has 0 saturated heterocycles. The van der Waals surface area contributed by atoms with Crippen molar-refractivity contribution in [2.45, 2.75) is 6.92 Å². The lowest BCUT2D eigenvalue weighted by atomic mass is 9.88. The number of rotatable bonds is 4. The molecule has 0 aliphatic rings. The van der Waals surface area contributed by atoms with E-state index in [1.165, 1.54) is 55.4 Å². The number of hydrogen-bond donors (Lipinski definition) is 0. The minimum Gasteiger partial charge on any atom is -0.229 e. The number of aryl methyl sites for hydroxylation is 2. The summed E-state index contributed by atoms with van der Waals surface area (Å²) >= 11 is 0. The Morgan fingerprint density at radius 1 is 0.556 bits per heavy atom. The van der Waals surface area contributed by atoms with Crippen molar-refractivity contribution in [1.29, 1.82) is 0 Å². The third-order valence-electron chi connectivity index (χ3n) is 7.62. The van der Waals surface area contributed by atoms with Crippen LogP contribution in [0.4, 0.5) is 17.1 Å². The summed E-state index contributed by atoms with van der Waals surface area (Å²) in [7, 11) is 4.45. The summed E-state index contributed by atoms with van der Waals surface area (Å²) in [5, 5.41) is 5.17. The fourth-order valence-electron chi connectivity index (χ4n) is 5.79. The van der Waals surface area contributed by atoms with Crippen molar-refractivity contribution in [3.63, 3.8) is 0 Å². The van der Waals surface area contributed by atoms with Crippen LogP contribution in [0.3, 0.4) is 0 Å². The third-order valence-corrected chi connectivity index (χ3v) is 7.62. The Kier molecular flexibility index (Phi) is 5.40. The molecule has 0 fully saturated rings. The molecule has 0 amide bonds. The molecule has 0 N–H and O–H groups in total. The van der Waals surface area contributed by atoms with Gasteiger partial charge >= 0.3 is 0 Å². The normalized spacial score (nSPS) is 11.8. The summed E-state index contributed by atoms with van der Waals surface area (Å²) in [6.07, 6.45) is 2.13. The van der Waals surface area contributed by atoms with E-state index < -0.39 is 0 Å². The number of para-hydroxylation sites is 2. The second kappa shape index (κ2) is 8.75. The number of hydrogen-bond acceptors (Lipinski definition) is 0. The SMILES string of the molecule is Cc1c(-c2cccc[n+]2C)c2ccccc2c2cccc([N+](C)(c3ccccc3)c3ccccc3)c12. The van der Waals surface area contributed by atoms with Crippen LogP contribution in [0.2, 0.25) is 0 Å². The van der Waals surface area contributed by atoms with Crippen LogP contribution in [-0.4, -0.2) is 7.05 Å². The van der Waals surface area contributed by atoms with Crippen LogP contribution in [0.25, 0.3) is 32.8 Å². The van der Waals surface area contributed by atoms with Gasteiger partial charge < -0.3 is 0 Å². The van der Waals surface area contributed by atoms with E-state index in [1.807, 2.05) is 0 Å². The van der Waals surface area contributed by atoms with Gasteiger partial charge in [-0.25, -0.2) is 9.05 Å². The first-order valence-corrected chi connectivity index (χ1v) is 12.5. The Hall–Kier alpha value is -4.27. The summed E-state index contributed by atoms with van der Waals surface area (Å²) < 4.78 is 2.81. The molecule has 0 unspecified atom stereocenters. The second-order valence-corrected chi connectivity index (χ2v) is 9.62. The Labute approximate surface area is 212 Å². The lowest BCUT2D eigenvalue weighted by molar-refractivity contribution is -0.660. The minimum absolute atomic E-state index is 0.582. The Balaban J connectivity index is 1.81. The van der Waals surface area contributed by atoms with Gasteiger partial charge in [0.25, 0.3) is 0 Å². The number of nitrogens with zero attached hydrogens (tertiary/aromatic N) is 2. The van der Waals surface area contributed by atoms with Crippen molar-refractivity contribution in [2.24, 2.45) is 7.05 Å². The first kappa shape index (κ1) is 22.2. The Morgan fingerprint density at radius 2 is 1.11 bits per heavy atom. The molecule has 6 aromatic rings. The van der Waals surface area contributed by atoms with Gasteiger partial charge in [-0.3, -0.25) is 0 Å². The van der Waals surface area contributed by atoms with Crippen molar-refractivity contribution in [2.75, 3.05) is 7.05 Å². The topological polar surface area (TPSA) is 3.88 Å². The van der Waals surface area contributed by atoms with Gasteiger partial charge in [0.15, 0.2) is 11.9 Å². The molecule has 5 aromatic carbocycles. The van der Waals surface area contributed by atoms with Gasteiger partial charge in [-0.05, 0) is 59.0 Å². The van der Waals surface area contributed by atoms with E-state index in [9.17, 15) is 0 Å². The molecule has 0 spiro atoms. The van der Waals surface area contributed by atoms with Crippen LogP contribution < -0.4 is 9.05 Å². The molecule has 2 nitrogen and oxygen atoms in total. The molecule has 1 aromatic heterocycles. The molecule has 1 heterocycles. The zero-order valence-corrected chi connectivity index (χ0v) is 21.0. The zero-order valence-electron chi connectivity index (χ0n) is 21.0. The standard InChI is InChI=1S/C34H30N2/c1-25-33(31-22-12-13-24-35(31)2)29-20-11-10-19-28(29)30-21-14-23-32(34(25)30)36(3,26-15-6-4-7-16-26)27-17-8-5-9-18-27/h4-24H,1-3H3/q+2. The molecule has 0 saturated carbocycles. The summed E-state index contributed by atoms with van der Waals surface area (Å²) in [6, 6.07) is 43.8. The second-order valence-electron chi connectivity index (χ2n) is 9.62. The summed E-state index contributed by atoms with van der Waals surface area (Å²) in [5.41, 5.74) is 7.55. The largest absolute Gasteiger partial charge is 0.229 e. The van der Waals surface area contributed by atoms with Gasteiger partial charge in [-0.1, -0.05) is 72.8 Å². The molecule has 0 aliphatic heterocycles. The van der Waals surface area contributed by atoms with Crippen molar-refractivity contribution in [1.82, 2.24) is 4.48 Å². The third kappa shape index (κ3) is 3.34. The average Bonchev–Trinajstić information content (AvgIpc) is 2.94. The molecular weight excluding hydrogens is 436 g/mol. The maximum atomic E-state index is 2.32. The van der Waals surface area contributed by atoms with Gasteiger partial charge in [0.1, 0.15) is 18.4 Å². The Bertz CT molecular complexity index is 1660. The van der Waals surface area contributed by atoms with Gasteiger partial charge in [-0.2, -0.15) is 0 Å². The average molecular weight is 467 g/mol. The lowest BCUT2D eigenvalue weighted by Gasteiger charge is -2.34. The van der Waals surface area contributed by atoms with Crippen molar-refractivity contribution >= 4 is 38.6 Å². The number of quaternary nitrogens is 1. The number of pyridine rings is 1. The van der Waals surface area contributed by atoms with Crippen LogP contribution >= 0.6 is 0 Å². The number of fused-ring (bicyclic) bond motifs is 3. The van der Waals surface area contributed by atoms with Crippen molar-refractivity contribution in [3.05, 3.63) is 133 Å². The molecule has 6 rings (SSSR count). The summed E-state index contributed by atoms with van der Waals surface area (Å²) in [6.45, 7) is 2.29. The van der Waals surface area contributed by atoms with Crippen LogP contribution in [0.15, 0.2) is 128 Å². The van der Waals surface area contributed by atoms with E-state index in [4.69, 9.17) is 0 Å². The fourth-order valence-corrected chi connectivity index (χ4v) is 5.79. The van der Waals surface area contributed by atoms with E-state index in [1.54, 1.807) is 0 Å². The quantitative estimate of drug-likeness (QED) is 0.139. The molecular formula is C34H30N2+2. The van der Waals surface area contributed by atoms with Crippen molar-refractivity contribution in [3.8, 4) is 11.3 Å². The highest BCUT2D eigenvalue weighted by Crippen LogP contribution is 2.48. The molecule has 0 bridgehead atoms. The van der Waals surface area contributed by atoms with Crippen LogP contribution in [0.1, 0.15) is 5.56 Å². The zero-order chi connectivity index (χ0) is 24.7. The highest BCUT2D eigenvalue weighted by molar-refractivity contribution is 6.18. The highest BCUT2D eigenvalue weighted by atomic mass is 15.3. The van der Waals surface area contributed by atoms with Crippen LogP contribution in [-0.2, 0) is 7.05 Å². The number of aromatic nitrogens is 1. The molecule has 0 atom stereocenters. The van der Waals surface area contributed by atoms with Gasteiger partial charge in [0.2, 0.25) is 5.69 Å². The molecule has 0 aliphatic carbocycles. The smallest absolute Gasteiger partial charge is 0.213 e. The predicted molar refractivity (Wildman–Crippen MR) is 153 cm³/mol. The number of benzene rings is 5. The van der Waals surface area contributed by atoms with E-state index in [-0.39, 0.29) is 0 Å². The van der Waals surface area contributed by atoms with Crippen LogP contribution in [0, 0.1) is 6.92 Å². The molecule has 174 valence electrons. The molecule has 2 heteroatoms. The monoisotopic (exact) mass is 466 g/mol. The van der Waals surface area contributed by atoms with E-state index in [2.05, 4.69) is 153 Å². The fraction of sp³-hybridized carbons (Fsp3) is 0.0882. The van der Waals surface area contributed by atoms with Crippen LogP contribution in [0.5, 0.6) is 0 Å². The predicted octanol–water partition coefficient (Wildman–Crippen LogP) is 8.39. The van der Waals surface area contributed by atoms with Gasteiger partial charge in [-0.15, -0.1) is 0 Å². The molecule has 0 radical (unpaired) electrons. The summed E-state index contributed by atoms with van der Waals surface area (Å²) in [5.74, 6) is 0. The van der Waals surface area contributed by atoms with E-state index >= 15 is 0 Å². The first-order chi connectivity index (χ1) is 17.6. The highest BCUT2D eigenvalue weighted by Gasteiger charge is 2.34. The first-order valence-electron chi connectivity index (χ1n) is 12.5. The van der Waals surface area contributed by atoms with Crippen molar-refractivity contribution < 1.29 is 4.57 Å².